The topological polar surface area (TPSA) is 32.3 Å². The van der Waals surface area contributed by atoms with E-state index in [2.05, 4.69) is 50.4 Å². The van der Waals surface area contributed by atoms with Crippen molar-refractivity contribution in [1.29, 1.82) is 0 Å². The van der Waals surface area contributed by atoms with Gasteiger partial charge in [0.25, 0.3) is 0 Å². The molecule has 3 nitrogen and oxygen atoms in total. The second kappa shape index (κ2) is 5.86. The number of hydrogen-bond donors (Lipinski definition) is 1. The molecule has 1 fully saturated rings. The van der Waals surface area contributed by atoms with Crippen LogP contribution in [0.25, 0.3) is 0 Å². The van der Waals surface area contributed by atoms with Crippen LogP contribution in [0.2, 0.25) is 0 Å². The van der Waals surface area contributed by atoms with Crippen LogP contribution in [-0.4, -0.2) is 29.9 Å². The van der Waals surface area contributed by atoms with E-state index in [0.717, 1.165) is 12.2 Å². The number of nitrogens with zero attached hydrogens (tertiary/aromatic N) is 1. The molecule has 0 aromatic heterocycles. The number of hydrogen-bond acceptors (Lipinski definition) is 2. The maximum Gasteiger partial charge on any atom is 0.242 e. The van der Waals surface area contributed by atoms with Gasteiger partial charge >= 0.3 is 0 Å². The summed E-state index contributed by atoms with van der Waals surface area (Å²) in [6, 6.07) is 8.87. The molecule has 20 heavy (non-hydrogen) atoms. The highest BCUT2D eigenvalue weighted by molar-refractivity contribution is 5.81. The lowest BCUT2D eigenvalue weighted by Crippen LogP contribution is -2.37. The first-order chi connectivity index (χ1) is 9.41. The van der Waals surface area contributed by atoms with Gasteiger partial charge in [-0.25, -0.2) is 0 Å². The summed E-state index contributed by atoms with van der Waals surface area (Å²) in [6.45, 7) is 9.86. The van der Waals surface area contributed by atoms with Gasteiger partial charge in [-0.15, -0.1) is 0 Å². The number of nitrogens with one attached hydrogen (secondary N) is 1. The lowest BCUT2D eigenvalue weighted by molar-refractivity contribution is -0.129. The molecule has 0 saturated heterocycles. The van der Waals surface area contributed by atoms with Crippen LogP contribution < -0.4 is 5.32 Å². The Hall–Kier alpha value is -1.51. The zero-order chi connectivity index (χ0) is 14.8. The molecule has 0 spiro atoms. The second-order valence-electron chi connectivity index (χ2n) is 6.59. The smallest absolute Gasteiger partial charge is 0.242 e. The summed E-state index contributed by atoms with van der Waals surface area (Å²) in [5.41, 5.74) is 2.49. The Labute approximate surface area is 122 Å². The number of amides is 1. The summed E-state index contributed by atoms with van der Waals surface area (Å²) in [7, 11) is 0. The Morgan fingerprint density at radius 2 is 1.85 bits per heavy atom. The van der Waals surface area contributed by atoms with Gasteiger partial charge in [-0.2, -0.15) is 0 Å². The van der Waals surface area contributed by atoms with Crippen molar-refractivity contribution in [1.82, 2.24) is 4.90 Å². The molecule has 1 aromatic rings. The lowest BCUT2D eigenvalue weighted by atomic mass is 9.87. The summed E-state index contributed by atoms with van der Waals surface area (Å²) < 4.78 is 0. The Morgan fingerprint density at radius 3 is 2.30 bits per heavy atom. The van der Waals surface area contributed by atoms with E-state index >= 15 is 0 Å². The van der Waals surface area contributed by atoms with Crippen LogP contribution in [-0.2, 0) is 10.2 Å². The molecule has 0 unspecified atom stereocenters. The molecule has 1 saturated carbocycles. The van der Waals surface area contributed by atoms with Crippen LogP contribution in [0.15, 0.2) is 24.3 Å². The Bertz CT molecular complexity index is 455. The summed E-state index contributed by atoms with van der Waals surface area (Å²) in [5.74, 6) is 0.204. The largest absolute Gasteiger partial charge is 0.376 e. The first-order valence-electron chi connectivity index (χ1n) is 7.55. The molecule has 3 heteroatoms. The summed E-state index contributed by atoms with van der Waals surface area (Å²) in [5, 5.41) is 3.23. The van der Waals surface area contributed by atoms with Gasteiger partial charge < -0.3 is 10.2 Å². The van der Waals surface area contributed by atoms with Gasteiger partial charge in [-0.05, 0) is 42.9 Å². The van der Waals surface area contributed by atoms with Crippen LogP contribution in [0.4, 0.5) is 5.69 Å². The van der Waals surface area contributed by atoms with Crippen LogP contribution in [0, 0.1) is 0 Å². The molecule has 2 rings (SSSR count). The maximum absolute atomic E-state index is 12.1. The van der Waals surface area contributed by atoms with Crippen molar-refractivity contribution in [3.05, 3.63) is 29.8 Å². The van der Waals surface area contributed by atoms with Gasteiger partial charge in [0, 0.05) is 18.3 Å². The minimum Gasteiger partial charge on any atom is -0.376 e. The van der Waals surface area contributed by atoms with Crippen molar-refractivity contribution in [3.8, 4) is 0 Å². The third-order valence-electron chi connectivity index (χ3n) is 3.84. The zero-order valence-corrected chi connectivity index (χ0v) is 13.1. The molecule has 1 aromatic carbocycles. The van der Waals surface area contributed by atoms with Crippen molar-refractivity contribution in [2.45, 2.75) is 52.0 Å². The van der Waals surface area contributed by atoms with Gasteiger partial charge in [0.15, 0.2) is 0 Å². The van der Waals surface area contributed by atoms with Crippen LogP contribution in [0.5, 0.6) is 0 Å². The average molecular weight is 274 g/mol. The molecule has 0 radical (unpaired) electrons. The van der Waals surface area contributed by atoms with E-state index in [1.165, 1.54) is 18.4 Å². The standard InChI is InChI=1S/C17H26N2O/c1-5-19(15-10-11-15)16(20)12-18-14-8-6-13(7-9-14)17(2,3)4/h6-9,15,18H,5,10-12H2,1-4H3. The highest BCUT2D eigenvalue weighted by Gasteiger charge is 2.30. The van der Waals surface area contributed by atoms with Crippen LogP contribution >= 0.6 is 0 Å². The van der Waals surface area contributed by atoms with Crippen LogP contribution in [0.3, 0.4) is 0 Å². The number of anilines is 1. The van der Waals surface area contributed by atoms with Gasteiger partial charge in [0.2, 0.25) is 5.91 Å². The van der Waals surface area contributed by atoms with Crippen LogP contribution in [0.1, 0.15) is 46.1 Å². The van der Waals surface area contributed by atoms with E-state index in [-0.39, 0.29) is 11.3 Å². The van der Waals surface area contributed by atoms with Crippen molar-refractivity contribution in [3.63, 3.8) is 0 Å². The number of rotatable bonds is 5. The lowest BCUT2D eigenvalue weighted by Gasteiger charge is -2.21. The molecule has 1 amide bonds. The molecule has 1 N–H and O–H groups in total. The summed E-state index contributed by atoms with van der Waals surface area (Å²) >= 11 is 0. The van der Waals surface area contributed by atoms with Crippen molar-refractivity contribution >= 4 is 11.6 Å². The van der Waals surface area contributed by atoms with Crippen molar-refractivity contribution in [2.75, 3.05) is 18.4 Å². The zero-order valence-electron chi connectivity index (χ0n) is 13.1. The predicted octanol–water partition coefficient (Wildman–Crippen LogP) is 3.41. The number of likely N-dealkylation sites (N-methyl/N-ethyl adjacent to an activating group) is 1. The fourth-order valence-corrected chi connectivity index (χ4v) is 2.39. The van der Waals surface area contributed by atoms with Gasteiger partial charge in [-0.3, -0.25) is 4.79 Å². The molecule has 1 aliphatic rings. The molecular formula is C17H26N2O. The van der Waals surface area contributed by atoms with E-state index in [9.17, 15) is 4.79 Å². The van der Waals surface area contributed by atoms with E-state index in [1.807, 2.05) is 11.8 Å². The van der Waals surface area contributed by atoms with Crippen molar-refractivity contribution in [2.24, 2.45) is 0 Å². The second-order valence-corrected chi connectivity index (χ2v) is 6.59. The van der Waals surface area contributed by atoms with Gasteiger partial charge in [0.05, 0.1) is 6.54 Å². The monoisotopic (exact) mass is 274 g/mol. The first kappa shape index (κ1) is 14.9. The average Bonchev–Trinajstić information content (AvgIpc) is 3.21. The predicted molar refractivity (Wildman–Crippen MR) is 84.0 cm³/mol. The van der Waals surface area contributed by atoms with E-state index < -0.39 is 0 Å². The fraction of sp³-hybridized carbons (Fsp3) is 0.588. The van der Waals surface area contributed by atoms with E-state index in [4.69, 9.17) is 0 Å². The van der Waals surface area contributed by atoms with E-state index in [1.54, 1.807) is 0 Å². The molecule has 0 heterocycles. The minimum absolute atomic E-state index is 0.166. The maximum atomic E-state index is 12.1. The molecular weight excluding hydrogens is 248 g/mol. The van der Waals surface area contributed by atoms with Crippen molar-refractivity contribution < 1.29 is 4.79 Å². The summed E-state index contributed by atoms with van der Waals surface area (Å²) in [6.07, 6.45) is 2.33. The Balaban J connectivity index is 1.89. The van der Waals surface area contributed by atoms with Gasteiger partial charge in [0.1, 0.15) is 0 Å². The third-order valence-corrected chi connectivity index (χ3v) is 3.84. The van der Waals surface area contributed by atoms with Gasteiger partial charge in [-0.1, -0.05) is 32.9 Å². The quantitative estimate of drug-likeness (QED) is 0.892. The third kappa shape index (κ3) is 3.75. The highest BCUT2D eigenvalue weighted by atomic mass is 16.2. The molecule has 1 aliphatic carbocycles. The molecule has 0 aliphatic heterocycles. The Morgan fingerprint density at radius 1 is 1.25 bits per heavy atom. The molecule has 0 atom stereocenters. The van der Waals surface area contributed by atoms with E-state index in [0.29, 0.717) is 12.6 Å². The normalized spacial score (nSPS) is 15.0. The summed E-state index contributed by atoms with van der Waals surface area (Å²) in [4.78, 5) is 14.1. The fourth-order valence-electron chi connectivity index (χ4n) is 2.39. The molecule has 110 valence electrons. The highest BCUT2D eigenvalue weighted by Crippen LogP contribution is 2.27. The number of carbonyl (C=O) groups is 1. The SMILES string of the molecule is CCN(C(=O)CNc1ccc(C(C)(C)C)cc1)C1CC1. The Kier molecular flexibility index (Phi) is 4.36. The number of benzene rings is 1. The minimum atomic E-state index is 0.166. The molecule has 0 bridgehead atoms. The number of carbonyl (C=O) groups excluding carboxylic acids is 1. The first-order valence-corrected chi connectivity index (χ1v) is 7.55.